The van der Waals surface area contributed by atoms with Crippen LogP contribution in [-0.2, 0) is 10.0 Å². The lowest BCUT2D eigenvalue weighted by Gasteiger charge is -2.23. The van der Waals surface area contributed by atoms with Gasteiger partial charge in [0.2, 0.25) is 10.0 Å². The van der Waals surface area contributed by atoms with Gasteiger partial charge in [-0.1, -0.05) is 0 Å². The van der Waals surface area contributed by atoms with Crippen LogP contribution in [0.15, 0.2) is 21.5 Å². The summed E-state index contributed by atoms with van der Waals surface area (Å²) in [7, 11) is -0.626. The van der Waals surface area contributed by atoms with Gasteiger partial charge in [0.25, 0.3) is 0 Å². The molecular weight excluding hydrogens is 372 g/mol. The van der Waals surface area contributed by atoms with Crippen molar-refractivity contribution >= 4 is 26.0 Å². The molecule has 1 fully saturated rings. The van der Waals surface area contributed by atoms with Gasteiger partial charge in [-0.3, -0.25) is 0 Å². The molecule has 0 spiro atoms. The van der Waals surface area contributed by atoms with Gasteiger partial charge in [-0.2, -0.15) is 0 Å². The highest BCUT2D eigenvalue weighted by molar-refractivity contribution is 9.10. The van der Waals surface area contributed by atoms with E-state index in [0.29, 0.717) is 28.4 Å². The molecule has 0 unspecified atom stereocenters. The quantitative estimate of drug-likeness (QED) is 0.770. The van der Waals surface area contributed by atoms with Crippen LogP contribution in [0.3, 0.4) is 0 Å². The monoisotopic (exact) mass is 392 g/mol. The first kappa shape index (κ1) is 17.5. The predicted octanol–water partition coefficient (Wildman–Crippen LogP) is 1.74. The molecule has 0 bridgehead atoms. The molecule has 0 saturated carbocycles. The maximum absolute atomic E-state index is 12.5. The summed E-state index contributed by atoms with van der Waals surface area (Å²) in [5.74, 6) is 1.18. The Bertz CT molecular complexity index is 616. The van der Waals surface area contributed by atoms with Gasteiger partial charge in [-0.05, 0) is 53.8 Å². The third-order valence-corrected chi connectivity index (χ3v) is 6.07. The van der Waals surface area contributed by atoms with Crippen molar-refractivity contribution in [3.8, 4) is 11.5 Å². The highest BCUT2D eigenvalue weighted by Gasteiger charge is 2.23. The Hall–Kier alpha value is -0.830. The van der Waals surface area contributed by atoms with Gasteiger partial charge in [0.05, 0.1) is 14.2 Å². The summed E-state index contributed by atoms with van der Waals surface area (Å²) in [6.45, 7) is 2.27. The summed E-state index contributed by atoms with van der Waals surface area (Å²) < 4.78 is 38.5. The van der Waals surface area contributed by atoms with Crippen LogP contribution < -0.4 is 19.5 Å². The van der Waals surface area contributed by atoms with Crippen LogP contribution in [0.1, 0.15) is 12.8 Å². The number of hydrogen-bond donors (Lipinski definition) is 2. The van der Waals surface area contributed by atoms with Crippen LogP contribution in [-0.4, -0.2) is 42.3 Å². The summed E-state index contributed by atoms with van der Waals surface area (Å²) in [5, 5.41) is 3.27. The number of rotatable bonds is 6. The van der Waals surface area contributed by atoms with Crippen molar-refractivity contribution in [3.63, 3.8) is 0 Å². The van der Waals surface area contributed by atoms with E-state index in [2.05, 4.69) is 26.0 Å². The third-order valence-electron chi connectivity index (χ3n) is 3.69. The molecule has 1 atom stereocenters. The summed E-state index contributed by atoms with van der Waals surface area (Å²) in [6, 6.07) is 3.06. The number of halogens is 1. The number of sulfonamides is 1. The van der Waals surface area contributed by atoms with Crippen molar-refractivity contribution < 1.29 is 17.9 Å². The average molecular weight is 393 g/mol. The zero-order valence-electron chi connectivity index (χ0n) is 12.7. The van der Waals surface area contributed by atoms with Crippen LogP contribution in [0.2, 0.25) is 0 Å². The highest BCUT2D eigenvalue weighted by Crippen LogP contribution is 2.35. The molecule has 0 radical (unpaired) electrons. The third kappa shape index (κ3) is 4.13. The molecule has 124 valence electrons. The minimum Gasteiger partial charge on any atom is -0.493 e. The Morgan fingerprint density at radius 1 is 1.32 bits per heavy atom. The molecule has 1 aliphatic heterocycles. The molecule has 1 aromatic carbocycles. The average Bonchev–Trinajstić information content (AvgIpc) is 2.53. The lowest BCUT2D eigenvalue weighted by Crippen LogP contribution is -2.38. The Kier molecular flexibility index (Phi) is 6.08. The van der Waals surface area contributed by atoms with E-state index >= 15 is 0 Å². The molecule has 6 nitrogen and oxygen atoms in total. The summed E-state index contributed by atoms with van der Waals surface area (Å²) in [5.41, 5.74) is 0. The van der Waals surface area contributed by atoms with E-state index in [0.717, 1.165) is 25.9 Å². The highest BCUT2D eigenvalue weighted by atomic mass is 79.9. The Balaban J connectivity index is 2.17. The second-order valence-electron chi connectivity index (χ2n) is 5.20. The van der Waals surface area contributed by atoms with E-state index in [1.54, 1.807) is 6.07 Å². The van der Waals surface area contributed by atoms with Gasteiger partial charge >= 0.3 is 0 Å². The molecule has 2 N–H and O–H groups in total. The first-order valence-electron chi connectivity index (χ1n) is 7.10. The van der Waals surface area contributed by atoms with E-state index in [-0.39, 0.29) is 4.90 Å². The standard InChI is InChI=1S/C14H21BrN2O4S/c1-20-12-6-11(15)14(7-13(12)21-2)22(18,19)17-9-10-4-3-5-16-8-10/h6-7,10,16-17H,3-5,8-9H2,1-2H3/t10-/m0/s1. The van der Waals surface area contributed by atoms with E-state index in [1.807, 2.05) is 0 Å². The molecule has 0 amide bonds. The van der Waals surface area contributed by atoms with Crippen molar-refractivity contribution in [2.24, 2.45) is 5.92 Å². The normalized spacial score (nSPS) is 19.0. The smallest absolute Gasteiger partial charge is 0.241 e. The number of hydrogen-bond acceptors (Lipinski definition) is 5. The Morgan fingerprint density at radius 3 is 2.59 bits per heavy atom. The van der Waals surface area contributed by atoms with Crippen molar-refractivity contribution in [3.05, 3.63) is 16.6 Å². The van der Waals surface area contributed by atoms with Crippen LogP contribution in [0, 0.1) is 5.92 Å². The summed E-state index contributed by atoms with van der Waals surface area (Å²) in [6.07, 6.45) is 2.11. The van der Waals surface area contributed by atoms with Crippen molar-refractivity contribution in [1.29, 1.82) is 0 Å². The van der Waals surface area contributed by atoms with Gasteiger partial charge in [0.15, 0.2) is 11.5 Å². The molecule has 1 saturated heterocycles. The maximum atomic E-state index is 12.5. The molecule has 1 aliphatic rings. The van der Waals surface area contributed by atoms with Crippen molar-refractivity contribution in [2.75, 3.05) is 33.9 Å². The van der Waals surface area contributed by atoms with E-state index in [1.165, 1.54) is 20.3 Å². The van der Waals surface area contributed by atoms with Gasteiger partial charge in [-0.25, -0.2) is 13.1 Å². The number of benzene rings is 1. The van der Waals surface area contributed by atoms with Crippen molar-refractivity contribution in [1.82, 2.24) is 10.0 Å². The Morgan fingerprint density at radius 2 is 2.00 bits per heavy atom. The van der Waals surface area contributed by atoms with Gasteiger partial charge in [-0.15, -0.1) is 0 Å². The molecule has 8 heteroatoms. The molecular formula is C14H21BrN2O4S. The zero-order chi connectivity index (χ0) is 16.2. The van der Waals surface area contributed by atoms with Gasteiger partial charge in [0, 0.05) is 17.1 Å². The van der Waals surface area contributed by atoms with Crippen LogP contribution in [0.25, 0.3) is 0 Å². The molecule has 22 heavy (non-hydrogen) atoms. The minimum absolute atomic E-state index is 0.147. The summed E-state index contributed by atoms with van der Waals surface area (Å²) >= 11 is 3.29. The molecule has 1 heterocycles. The van der Waals surface area contributed by atoms with E-state index < -0.39 is 10.0 Å². The lowest BCUT2D eigenvalue weighted by molar-refractivity contribution is 0.353. The fraction of sp³-hybridized carbons (Fsp3) is 0.571. The summed E-state index contributed by atoms with van der Waals surface area (Å²) in [4.78, 5) is 0.147. The van der Waals surface area contributed by atoms with E-state index in [4.69, 9.17) is 9.47 Å². The number of nitrogens with one attached hydrogen (secondary N) is 2. The minimum atomic E-state index is -3.61. The SMILES string of the molecule is COc1cc(Br)c(S(=O)(=O)NC[C@H]2CCCNC2)cc1OC. The lowest BCUT2D eigenvalue weighted by atomic mass is 10.0. The van der Waals surface area contributed by atoms with Crippen molar-refractivity contribution in [2.45, 2.75) is 17.7 Å². The molecule has 2 rings (SSSR count). The van der Waals surface area contributed by atoms with Gasteiger partial charge < -0.3 is 14.8 Å². The molecule has 0 aliphatic carbocycles. The zero-order valence-corrected chi connectivity index (χ0v) is 15.1. The number of piperidine rings is 1. The van der Waals surface area contributed by atoms with E-state index in [9.17, 15) is 8.42 Å². The second kappa shape index (κ2) is 7.63. The molecule has 0 aromatic heterocycles. The first-order chi connectivity index (χ1) is 10.5. The van der Waals surface area contributed by atoms with Crippen LogP contribution in [0.4, 0.5) is 0 Å². The predicted molar refractivity (Wildman–Crippen MR) is 88.0 cm³/mol. The van der Waals surface area contributed by atoms with Gasteiger partial charge in [0.1, 0.15) is 4.90 Å². The fourth-order valence-corrected chi connectivity index (χ4v) is 4.60. The molecule has 1 aromatic rings. The maximum Gasteiger partial charge on any atom is 0.241 e. The number of methoxy groups -OCH3 is 2. The fourth-order valence-electron chi connectivity index (χ4n) is 2.44. The first-order valence-corrected chi connectivity index (χ1v) is 9.37. The Labute approximate surface area is 139 Å². The topological polar surface area (TPSA) is 76.7 Å². The van der Waals surface area contributed by atoms with Crippen LogP contribution >= 0.6 is 15.9 Å². The van der Waals surface area contributed by atoms with Crippen LogP contribution in [0.5, 0.6) is 11.5 Å². The number of ether oxygens (including phenoxy) is 2. The second-order valence-corrected chi connectivity index (χ2v) is 7.79. The largest absolute Gasteiger partial charge is 0.493 e.